The maximum atomic E-state index is 12.4. The van der Waals surface area contributed by atoms with Crippen molar-refractivity contribution in [3.63, 3.8) is 0 Å². The fourth-order valence-electron chi connectivity index (χ4n) is 2.14. The highest BCUT2D eigenvalue weighted by atomic mass is 35.5. The van der Waals surface area contributed by atoms with Gasteiger partial charge in [0, 0.05) is 23.8 Å². The largest absolute Gasteiger partial charge is 0.480 e. The highest BCUT2D eigenvalue weighted by molar-refractivity contribution is 6.30. The molecule has 0 saturated carbocycles. The summed E-state index contributed by atoms with van der Waals surface area (Å²) in [6.45, 7) is 1.52. The van der Waals surface area contributed by atoms with Gasteiger partial charge in [-0.2, -0.15) is 0 Å². The molecule has 1 aliphatic heterocycles. The van der Waals surface area contributed by atoms with Gasteiger partial charge in [-0.1, -0.05) is 11.6 Å². The number of benzene rings is 1. The second kappa shape index (κ2) is 7.40. The molecule has 0 spiro atoms. The number of hydrogen-bond donors (Lipinski definition) is 2. The van der Waals surface area contributed by atoms with Gasteiger partial charge in [0.2, 0.25) is 5.91 Å². The molecule has 7 heteroatoms. The van der Waals surface area contributed by atoms with E-state index in [1.54, 1.807) is 24.3 Å². The van der Waals surface area contributed by atoms with Crippen LogP contribution in [-0.2, 0) is 14.3 Å². The lowest BCUT2D eigenvalue weighted by atomic mass is 10.2. The van der Waals surface area contributed by atoms with Crippen molar-refractivity contribution < 1.29 is 19.4 Å². The van der Waals surface area contributed by atoms with Crippen LogP contribution in [0.15, 0.2) is 24.3 Å². The van der Waals surface area contributed by atoms with E-state index in [-0.39, 0.29) is 25.0 Å². The Morgan fingerprint density at radius 2 is 2.10 bits per heavy atom. The lowest BCUT2D eigenvalue weighted by Gasteiger charge is -2.27. The Bertz CT molecular complexity index is 500. The molecule has 1 atom stereocenters. The number of halogens is 1. The highest BCUT2D eigenvalue weighted by Crippen LogP contribution is 2.19. The van der Waals surface area contributed by atoms with Crippen LogP contribution in [0.4, 0.5) is 5.69 Å². The van der Waals surface area contributed by atoms with E-state index in [0.717, 1.165) is 6.54 Å². The first-order chi connectivity index (χ1) is 10.1. The van der Waals surface area contributed by atoms with Crippen LogP contribution >= 0.6 is 11.6 Å². The smallest absolute Gasteiger partial charge is 0.323 e. The third kappa shape index (κ3) is 4.70. The summed E-state index contributed by atoms with van der Waals surface area (Å²) in [5, 5.41) is 12.7. The van der Waals surface area contributed by atoms with Crippen LogP contribution in [0.2, 0.25) is 5.02 Å². The molecule has 1 fully saturated rings. The standard InChI is InChI=1S/C14H17ClN2O4/c15-10-1-3-11(4-2-10)17(9-14(19)20)13(18)7-12-8-16-5-6-21-12/h1-4,12,16H,5-9H2,(H,19,20). The second-order valence-corrected chi connectivity index (χ2v) is 5.19. The minimum atomic E-state index is -1.07. The Hall–Kier alpha value is -1.63. The number of carboxylic acid groups (broad SMARTS) is 1. The van der Waals surface area contributed by atoms with E-state index in [2.05, 4.69) is 5.32 Å². The van der Waals surface area contributed by atoms with Crippen molar-refractivity contribution >= 4 is 29.2 Å². The average molecular weight is 313 g/mol. The van der Waals surface area contributed by atoms with Crippen molar-refractivity contribution in [3.8, 4) is 0 Å². The Kier molecular flexibility index (Phi) is 5.55. The summed E-state index contributed by atoms with van der Waals surface area (Å²) in [6.07, 6.45) is -0.0852. The number of carboxylic acids is 1. The molecule has 1 amide bonds. The topological polar surface area (TPSA) is 78.9 Å². The van der Waals surface area contributed by atoms with Gasteiger partial charge in [0.1, 0.15) is 6.54 Å². The van der Waals surface area contributed by atoms with Crippen LogP contribution in [0, 0.1) is 0 Å². The van der Waals surface area contributed by atoms with Gasteiger partial charge in [-0.15, -0.1) is 0 Å². The van der Waals surface area contributed by atoms with Crippen LogP contribution in [0.25, 0.3) is 0 Å². The first-order valence-corrected chi connectivity index (χ1v) is 7.04. The number of hydrogen-bond acceptors (Lipinski definition) is 4. The number of nitrogens with one attached hydrogen (secondary N) is 1. The molecule has 0 radical (unpaired) electrons. The van der Waals surface area contributed by atoms with Crippen LogP contribution in [-0.4, -0.2) is 49.3 Å². The van der Waals surface area contributed by atoms with Crippen molar-refractivity contribution in [2.45, 2.75) is 12.5 Å². The third-order valence-corrected chi connectivity index (χ3v) is 3.39. The Balaban J connectivity index is 2.08. The molecular weight excluding hydrogens is 296 g/mol. The van der Waals surface area contributed by atoms with Gasteiger partial charge in [0.15, 0.2) is 0 Å². The van der Waals surface area contributed by atoms with E-state index in [0.29, 0.717) is 23.9 Å². The molecule has 6 nitrogen and oxygen atoms in total. The molecule has 0 aromatic heterocycles. The van der Waals surface area contributed by atoms with Gasteiger partial charge in [-0.3, -0.25) is 9.59 Å². The molecule has 1 unspecified atom stereocenters. The summed E-state index contributed by atoms with van der Waals surface area (Å²) in [5.74, 6) is -1.35. The van der Waals surface area contributed by atoms with Crippen molar-refractivity contribution in [1.82, 2.24) is 5.32 Å². The number of ether oxygens (including phenoxy) is 1. The quantitative estimate of drug-likeness (QED) is 0.852. The van der Waals surface area contributed by atoms with Gasteiger partial charge in [0.05, 0.1) is 19.1 Å². The number of rotatable bonds is 5. The van der Waals surface area contributed by atoms with Crippen LogP contribution < -0.4 is 10.2 Å². The van der Waals surface area contributed by atoms with Crippen molar-refractivity contribution in [1.29, 1.82) is 0 Å². The van der Waals surface area contributed by atoms with Crippen LogP contribution in [0.5, 0.6) is 0 Å². The molecule has 1 heterocycles. The van der Waals surface area contributed by atoms with Gasteiger partial charge in [0.25, 0.3) is 0 Å². The third-order valence-electron chi connectivity index (χ3n) is 3.14. The zero-order chi connectivity index (χ0) is 15.2. The van der Waals surface area contributed by atoms with Gasteiger partial charge < -0.3 is 20.1 Å². The predicted molar refractivity (Wildman–Crippen MR) is 78.7 cm³/mol. The molecule has 0 bridgehead atoms. The van der Waals surface area contributed by atoms with Gasteiger partial charge >= 0.3 is 5.97 Å². The molecule has 2 rings (SSSR count). The minimum Gasteiger partial charge on any atom is -0.480 e. The lowest BCUT2D eigenvalue weighted by Crippen LogP contribution is -2.43. The number of amides is 1. The first kappa shape index (κ1) is 15.8. The van der Waals surface area contributed by atoms with E-state index in [1.165, 1.54) is 4.90 Å². The van der Waals surface area contributed by atoms with E-state index in [4.69, 9.17) is 21.4 Å². The number of anilines is 1. The maximum absolute atomic E-state index is 12.4. The normalized spacial score (nSPS) is 18.2. The summed E-state index contributed by atoms with van der Waals surface area (Å²) in [5.41, 5.74) is 0.510. The zero-order valence-electron chi connectivity index (χ0n) is 11.4. The maximum Gasteiger partial charge on any atom is 0.323 e. The summed E-state index contributed by atoms with van der Waals surface area (Å²) in [6, 6.07) is 6.50. The lowest BCUT2D eigenvalue weighted by molar-refractivity contribution is -0.137. The van der Waals surface area contributed by atoms with E-state index < -0.39 is 5.97 Å². The van der Waals surface area contributed by atoms with Gasteiger partial charge in [-0.05, 0) is 24.3 Å². The van der Waals surface area contributed by atoms with E-state index in [9.17, 15) is 9.59 Å². The molecule has 2 N–H and O–H groups in total. The molecule has 1 aromatic carbocycles. The van der Waals surface area contributed by atoms with Crippen LogP contribution in [0.3, 0.4) is 0 Å². The minimum absolute atomic E-state index is 0.142. The highest BCUT2D eigenvalue weighted by Gasteiger charge is 2.24. The molecule has 114 valence electrons. The Morgan fingerprint density at radius 3 is 2.67 bits per heavy atom. The number of morpholine rings is 1. The summed E-state index contributed by atoms with van der Waals surface area (Å²) < 4.78 is 5.48. The predicted octanol–water partition coefficient (Wildman–Crippen LogP) is 1.14. The first-order valence-electron chi connectivity index (χ1n) is 6.66. The second-order valence-electron chi connectivity index (χ2n) is 4.75. The van der Waals surface area contributed by atoms with Crippen molar-refractivity contribution in [3.05, 3.63) is 29.3 Å². The fraction of sp³-hybridized carbons (Fsp3) is 0.429. The number of aliphatic carboxylic acids is 1. The molecule has 1 saturated heterocycles. The van der Waals surface area contributed by atoms with Crippen molar-refractivity contribution in [2.24, 2.45) is 0 Å². The molecule has 0 aliphatic carbocycles. The van der Waals surface area contributed by atoms with E-state index in [1.807, 2.05) is 0 Å². The van der Waals surface area contributed by atoms with Crippen molar-refractivity contribution in [2.75, 3.05) is 31.1 Å². The summed E-state index contributed by atoms with van der Waals surface area (Å²) in [4.78, 5) is 24.6. The summed E-state index contributed by atoms with van der Waals surface area (Å²) >= 11 is 5.81. The molecule has 1 aliphatic rings. The molecule has 1 aromatic rings. The zero-order valence-corrected chi connectivity index (χ0v) is 12.2. The molecule has 21 heavy (non-hydrogen) atoms. The monoisotopic (exact) mass is 312 g/mol. The average Bonchev–Trinajstić information content (AvgIpc) is 2.46. The SMILES string of the molecule is O=C(O)CN(C(=O)CC1CNCCO1)c1ccc(Cl)cc1. The molecular formula is C14H17ClN2O4. The fourth-order valence-corrected chi connectivity index (χ4v) is 2.26. The van der Waals surface area contributed by atoms with Gasteiger partial charge in [-0.25, -0.2) is 0 Å². The number of nitrogens with zero attached hydrogens (tertiary/aromatic N) is 1. The summed E-state index contributed by atoms with van der Waals surface area (Å²) in [7, 11) is 0. The number of carbonyl (C=O) groups is 2. The van der Waals surface area contributed by atoms with Crippen LogP contribution in [0.1, 0.15) is 6.42 Å². The Morgan fingerprint density at radius 1 is 1.38 bits per heavy atom. The Labute approximate surface area is 127 Å². The number of carbonyl (C=O) groups excluding carboxylic acids is 1. The van der Waals surface area contributed by atoms with E-state index >= 15 is 0 Å².